The van der Waals surface area contributed by atoms with E-state index in [9.17, 15) is 0 Å². The smallest absolute Gasteiger partial charge is 0.140 e. The molecule has 5 rings (SSSR count). The molecule has 22 heavy (non-hydrogen) atoms. The molecule has 2 aromatic heterocycles. The Morgan fingerprint density at radius 3 is 2.73 bits per heavy atom. The fourth-order valence-electron chi connectivity index (χ4n) is 3.59. The lowest BCUT2D eigenvalue weighted by Crippen LogP contribution is -2.67. The second-order valence-corrected chi connectivity index (χ2v) is 7.14. The van der Waals surface area contributed by atoms with E-state index in [0.29, 0.717) is 12.1 Å². The highest BCUT2D eigenvalue weighted by atomic mass is 79.9. The molecule has 5 heterocycles. The Bertz CT molecular complexity index is 660. The molecule has 2 atom stereocenters. The lowest BCUT2D eigenvalue weighted by Gasteiger charge is -2.56. The number of piperidine rings is 1. The number of hydrogen-bond acceptors (Lipinski definition) is 5. The minimum absolute atomic E-state index is 0.649. The van der Waals surface area contributed by atoms with Gasteiger partial charge in [-0.1, -0.05) is 0 Å². The molecule has 3 aliphatic rings. The topological polar surface area (TPSA) is 50.1 Å². The molecule has 7 heteroatoms. The zero-order chi connectivity index (χ0) is 15.1. The van der Waals surface area contributed by atoms with Crippen molar-refractivity contribution >= 4 is 15.9 Å². The Balaban J connectivity index is 1.37. The molecule has 3 saturated heterocycles. The largest absolute Gasteiger partial charge is 0.296 e. The first-order chi connectivity index (χ1) is 10.7. The Kier molecular flexibility index (Phi) is 3.71. The van der Waals surface area contributed by atoms with Crippen LogP contribution in [0.2, 0.25) is 0 Å². The molecule has 0 spiro atoms. The van der Waals surface area contributed by atoms with E-state index in [1.165, 1.54) is 12.0 Å². The van der Waals surface area contributed by atoms with E-state index in [4.69, 9.17) is 0 Å². The van der Waals surface area contributed by atoms with Crippen molar-refractivity contribution in [1.29, 1.82) is 0 Å². The molecule has 2 aromatic rings. The van der Waals surface area contributed by atoms with Gasteiger partial charge in [-0.15, -0.1) is 0 Å². The highest BCUT2D eigenvalue weighted by Gasteiger charge is 2.44. The second-order valence-electron chi connectivity index (χ2n) is 6.22. The molecule has 3 aliphatic heterocycles. The van der Waals surface area contributed by atoms with E-state index >= 15 is 0 Å². The van der Waals surface area contributed by atoms with Gasteiger partial charge in [-0.25, -0.2) is 4.98 Å². The van der Waals surface area contributed by atoms with Crippen LogP contribution in [0.4, 0.5) is 0 Å². The number of hydrogen-bond donors (Lipinski definition) is 0. The van der Waals surface area contributed by atoms with E-state index in [0.717, 1.165) is 36.5 Å². The monoisotopic (exact) mass is 362 g/mol. The van der Waals surface area contributed by atoms with Crippen molar-refractivity contribution in [2.75, 3.05) is 13.1 Å². The normalized spacial score (nSPS) is 25.2. The molecular formula is C15H19BrN6. The van der Waals surface area contributed by atoms with Crippen molar-refractivity contribution in [2.24, 2.45) is 7.05 Å². The van der Waals surface area contributed by atoms with E-state index in [1.54, 1.807) is 6.33 Å². The summed E-state index contributed by atoms with van der Waals surface area (Å²) < 4.78 is 2.93. The number of nitrogens with zero attached hydrogens (tertiary/aromatic N) is 6. The summed E-state index contributed by atoms with van der Waals surface area (Å²) >= 11 is 3.49. The van der Waals surface area contributed by atoms with Crippen molar-refractivity contribution < 1.29 is 0 Å². The highest BCUT2D eigenvalue weighted by molar-refractivity contribution is 9.10. The van der Waals surface area contributed by atoms with Gasteiger partial charge in [0.2, 0.25) is 0 Å². The maximum absolute atomic E-state index is 4.34. The number of pyridine rings is 1. The minimum atomic E-state index is 0.649. The third kappa shape index (κ3) is 2.68. The number of halogens is 1. The summed E-state index contributed by atoms with van der Waals surface area (Å²) in [7, 11) is 1.96. The third-order valence-electron chi connectivity index (χ3n) is 4.72. The average molecular weight is 363 g/mol. The summed E-state index contributed by atoms with van der Waals surface area (Å²) in [5.74, 6) is 1.05. The Morgan fingerprint density at radius 1 is 1.23 bits per heavy atom. The molecule has 116 valence electrons. The van der Waals surface area contributed by atoms with Gasteiger partial charge < -0.3 is 0 Å². The maximum atomic E-state index is 4.34. The SMILES string of the molecule is Cn1ncnc1CN1C2CC1CN(Cc1cncc(Br)c1)C2. The standard InChI is InChI=1S/C15H19BrN6/c1-20-15(18-10-19-20)9-22-13-3-14(22)8-21(7-13)6-11-2-12(16)5-17-4-11/h2,4-5,10,13-14H,3,6-9H2,1H3. The van der Waals surface area contributed by atoms with Crippen LogP contribution in [0.15, 0.2) is 29.3 Å². The summed E-state index contributed by atoms with van der Waals surface area (Å²) in [6.45, 7) is 4.15. The number of aromatic nitrogens is 4. The van der Waals surface area contributed by atoms with Gasteiger partial charge in [-0.2, -0.15) is 5.10 Å². The van der Waals surface area contributed by atoms with E-state index in [-0.39, 0.29) is 0 Å². The Morgan fingerprint density at radius 2 is 2.05 bits per heavy atom. The van der Waals surface area contributed by atoms with Crippen LogP contribution in [0.25, 0.3) is 0 Å². The van der Waals surface area contributed by atoms with Gasteiger partial charge >= 0.3 is 0 Å². The van der Waals surface area contributed by atoms with Crippen LogP contribution in [0.5, 0.6) is 0 Å². The van der Waals surface area contributed by atoms with Crippen molar-refractivity contribution in [1.82, 2.24) is 29.5 Å². The highest BCUT2D eigenvalue weighted by Crippen LogP contribution is 2.34. The molecule has 2 unspecified atom stereocenters. The summed E-state index contributed by atoms with van der Waals surface area (Å²) in [5.41, 5.74) is 1.27. The predicted octanol–water partition coefficient (Wildman–Crippen LogP) is 1.43. The van der Waals surface area contributed by atoms with E-state index in [2.05, 4.69) is 46.9 Å². The molecule has 0 N–H and O–H groups in total. The molecule has 0 aromatic carbocycles. The Hall–Kier alpha value is -1.31. The molecule has 0 saturated carbocycles. The van der Waals surface area contributed by atoms with Crippen molar-refractivity contribution in [3.8, 4) is 0 Å². The number of aryl methyl sites for hydroxylation is 1. The van der Waals surface area contributed by atoms with Crippen molar-refractivity contribution in [3.63, 3.8) is 0 Å². The van der Waals surface area contributed by atoms with Crippen LogP contribution in [0.1, 0.15) is 17.8 Å². The first kappa shape index (κ1) is 14.3. The van der Waals surface area contributed by atoms with Crippen molar-refractivity contribution in [2.45, 2.75) is 31.6 Å². The zero-order valence-corrected chi connectivity index (χ0v) is 14.1. The zero-order valence-electron chi connectivity index (χ0n) is 12.6. The van der Waals surface area contributed by atoms with Crippen LogP contribution in [-0.2, 0) is 20.1 Å². The fraction of sp³-hybridized carbons (Fsp3) is 0.533. The lowest BCUT2D eigenvalue weighted by molar-refractivity contribution is -0.0792. The van der Waals surface area contributed by atoms with Gasteiger partial charge in [0, 0.05) is 55.6 Å². The molecule has 0 radical (unpaired) electrons. The first-order valence-corrected chi connectivity index (χ1v) is 8.39. The molecule has 3 fully saturated rings. The van der Waals surface area contributed by atoms with Crippen LogP contribution in [-0.4, -0.2) is 54.7 Å². The molecular weight excluding hydrogens is 344 g/mol. The minimum Gasteiger partial charge on any atom is -0.296 e. The van der Waals surface area contributed by atoms with Gasteiger partial charge in [0.25, 0.3) is 0 Å². The number of fused-ring (bicyclic) bond motifs is 2. The van der Waals surface area contributed by atoms with Crippen LogP contribution < -0.4 is 0 Å². The summed E-state index contributed by atoms with van der Waals surface area (Å²) in [4.78, 5) is 13.7. The van der Waals surface area contributed by atoms with E-state index < -0.39 is 0 Å². The molecule has 6 nitrogen and oxygen atoms in total. The fourth-order valence-corrected chi connectivity index (χ4v) is 4.00. The first-order valence-electron chi connectivity index (χ1n) is 7.59. The van der Waals surface area contributed by atoms with Crippen LogP contribution in [0.3, 0.4) is 0 Å². The third-order valence-corrected chi connectivity index (χ3v) is 5.15. The number of piperazine rings is 1. The summed E-state index contributed by atoms with van der Waals surface area (Å²) in [6, 6.07) is 3.45. The Labute approximate surface area is 138 Å². The quantitative estimate of drug-likeness (QED) is 0.823. The van der Waals surface area contributed by atoms with Gasteiger partial charge in [-0.3, -0.25) is 19.5 Å². The van der Waals surface area contributed by atoms with Crippen molar-refractivity contribution in [3.05, 3.63) is 40.6 Å². The average Bonchev–Trinajstić information content (AvgIpc) is 2.90. The molecule has 0 amide bonds. The lowest BCUT2D eigenvalue weighted by atomic mass is 9.87. The van der Waals surface area contributed by atoms with Gasteiger partial charge in [0.15, 0.2) is 0 Å². The molecule has 2 bridgehead atoms. The van der Waals surface area contributed by atoms with Crippen LogP contribution in [0, 0.1) is 0 Å². The van der Waals surface area contributed by atoms with Gasteiger partial charge in [0.05, 0.1) is 6.54 Å². The summed E-state index contributed by atoms with van der Waals surface area (Å²) in [6.07, 6.45) is 6.74. The summed E-state index contributed by atoms with van der Waals surface area (Å²) in [5, 5.41) is 4.16. The second kappa shape index (κ2) is 5.72. The van der Waals surface area contributed by atoms with Gasteiger partial charge in [0.1, 0.15) is 12.2 Å². The maximum Gasteiger partial charge on any atom is 0.140 e. The van der Waals surface area contributed by atoms with Crippen LogP contribution >= 0.6 is 15.9 Å². The molecule has 0 aliphatic carbocycles. The number of rotatable bonds is 4. The van der Waals surface area contributed by atoms with Gasteiger partial charge in [-0.05, 0) is 34.0 Å². The predicted molar refractivity (Wildman–Crippen MR) is 86.0 cm³/mol. The van der Waals surface area contributed by atoms with E-state index in [1.807, 2.05) is 24.1 Å².